The molecule has 2 aliphatic heterocycles. The Labute approximate surface area is 105 Å². The molecule has 6 nitrogen and oxygen atoms in total. The van der Waals surface area contributed by atoms with Crippen molar-refractivity contribution in [1.29, 1.82) is 0 Å². The Kier molecular flexibility index (Phi) is 2.79. The normalized spacial score (nSPS) is 33.7. The molecule has 1 spiro atoms. The van der Waals surface area contributed by atoms with E-state index in [1.807, 2.05) is 0 Å². The number of ether oxygens (including phenoxy) is 2. The average Bonchev–Trinajstić information content (AvgIpc) is 3.05. The molecule has 0 aromatic carbocycles. The summed E-state index contributed by atoms with van der Waals surface area (Å²) >= 11 is 0. The maximum atomic E-state index is 12.2. The zero-order chi connectivity index (χ0) is 12.8. The lowest BCUT2D eigenvalue weighted by atomic mass is 10.0. The van der Waals surface area contributed by atoms with Crippen molar-refractivity contribution in [2.45, 2.75) is 25.0 Å². The van der Waals surface area contributed by atoms with E-state index in [4.69, 9.17) is 14.6 Å². The summed E-state index contributed by atoms with van der Waals surface area (Å²) in [4.78, 5) is 24.7. The first kappa shape index (κ1) is 11.9. The second-order valence-electron chi connectivity index (χ2n) is 5.26. The Morgan fingerprint density at radius 2 is 1.94 bits per heavy atom. The molecule has 18 heavy (non-hydrogen) atoms. The molecule has 0 radical (unpaired) electrons. The van der Waals surface area contributed by atoms with Crippen LogP contribution in [0.15, 0.2) is 0 Å². The molecule has 3 fully saturated rings. The van der Waals surface area contributed by atoms with Gasteiger partial charge < -0.3 is 19.5 Å². The fourth-order valence-corrected chi connectivity index (χ4v) is 2.88. The monoisotopic (exact) mass is 255 g/mol. The first-order valence-electron chi connectivity index (χ1n) is 6.41. The Balaban J connectivity index is 1.62. The summed E-state index contributed by atoms with van der Waals surface area (Å²) in [5, 5.41) is 8.86. The third-order valence-corrected chi connectivity index (χ3v) is 3.97. The SMILES string of the molecule is O=C(O)[C@@H]1C[C@@H]1C(=O)N1CCCC2(C1)OCCO2. The third-order valence-electron chi connectivity index (χ3n) is 3.97. The van der Waals surface area contributed by atoms with E-state index in [1.54, 1.807) is 4.90 Å². The van der Waals surface area contributed by atoms with Crippen molar-refractivity contribution in [1.82, 2.24) is 4.90 Å². The minimum Gasteiger partial charge on any atom is -0.481 e. The number of nitrogens with zero attached hydrogens (tertiary/aromatic N) is 1. The number of carboxylic acid groups (broad SMARTS) is 1. The summed E-state index contributed by atoms with van der Waals surface area (Å²) in [5.41, 5.74) is 0. The van der Waals surface area contributed by atoms with Crippen molar-refractivity contribution in [2.24, 2.45) is 11.8 Å². The molecule has 3 aliphatic rings. The lowest BCUT2D eigenvalue weighted by molar-refractivity contribution is -0.193. The quantitative estimate of drug-likeness (QED) is 0.755. The molecule has 1 saturated carbocycles. The lowest BCUT2D eigenvalue weighted by Gasteiger charge is -2.38. The highest BCUT2D eigenvalue weighted by Crippen LogP contribution is 2.41. The number of piperidine rings is 1. The van der Waals surface area contributed by atoms with E-state index in [0.29, 0.717) is 32.7 Å². The fourth-order valence-electron chi connectivity index (χ4n) is 2.88. The zero-order valence-corrected chi connectivity index (χ0v) is 10.1. The number of carbonyl (C=O) groups is 2. The summed E-state index contributed by atoms with van der Waals surface area (Å²) in [5.74, 6) is -2.37. The molecule has 2 atom stereocenters. The summed E-state index contributed by atoms with van der Waals surface area (Å²) in [6, 6.07) is 0. The standard InChI is InChI=1S/C12H17NO5/c14-10(8-6-9(8)11(15)16)13-3-1-2-12(7-13)17-4-5-18-12/h8-9H,1-7H2,(H,15,16)/t8-,9+/m0/s1. The highest BCUT2D eigenvalue weighted by molar-refractivity contribution is 5.89. The molecular weight excluding hydrogens is 238 g/mol. The topological polar surface area (TPSA) is 76.1 Å². The van der Waals surface area contributed by atoms with E-state index < -0.39 is 17.7 Å². The van der Waals surface area contributed by atoms with Crippen LogP contribution >= 0.6 is 0 Å². The number of rotatable bonds is 2. The molecule has 0 bridgehead atoms. The number of amides is 1. The van der Waals surface area contributed by atoms with Gasteiger partial charge in [-0.15, -0.1) is 0 Å². The Morgan fingerprint density at radius 1 is 1.22 bits per heavy atom. The van der Waals surface area contributed by atoms with Crippen LogP contribution < -0.4 is 0 Å². The molecule has 1 aliphatic carbocycles. The molecular formula is C12H17NO5. The van der Waals surface area contributed by atoms with Gasteiger partial charge in [0.2, 0.25) is 5.91 Å². The molecule has 2 heterocycles. The molecule has 2 saturated heterocycles. The van der Waals surface area contributed by atoms with Crippen molar-refractivity contribution in [3.63, 3.8) is 0 Å². The maximum Gasteiger partial charge on any atom is 0.307 e. The van der Waals surface area contributed by atoms with Crippen molar-refractivity contribution in [2.75, 3.05) is 26.3 Å². The largest absolute Gasteiger partial charge is 0.481 e. The van der Waals surface area contributed by atoms with Crippen LogP contribution in [0.4, 0.5) is 0 Å². The van der Waals surface area contributed by atoms with E-state index >= 15 is 0 Å². The van der Waals surface area contributed by atoms with Gasteiger partial charge in [0.25, 0.3) is 0 Å². The van der Waals surface area contributed by atoms with Crippen LogP contribution in [0, 0.1) is 11.8 Å². The highest BCUT2D eigenvalue weighted by Gasteiger charge is 2.52. The van der Waals surface area contributed by atoms with E-state index in [-0.39, 0.29) is 11.8 Å². The minimum atomic E-state index is -0.867. The molecule has 6 heteroatoms. The molecule has 1 amide bonds. The van der Waals surface area contributed by atoms with Gasteiger partial charge in [0.05, 0.1) is 31.6 Å². The smallest absolute Gasteiger partial charge is 0.307 e. The minimum absolute atomic E-state index is 0.0550. The number of carbonyl (C=O) groups excluding carboxylic acids is 1. The highest BCUT2D eigenvalue weighted by atomic mass is 16.7. The van der Waals surface area contributed by atoms with Crippen LogP contribution in [0.2, 0.25) is 0 Å². The summed E-state index contributed by atoms with van der Waals surface area (Å²) in [7, 11) is 0. The average molecular weight is 255 g/mol. The van der Waals surface area contributed by atoms with Crippen LogP contribution in [0.5, 0.6) is 0 Å². The van der Waals surface area contributed by atoms with Crippen LogP contribution in [0.3, 0.4) is 0 Å². The van der Waals surface area contributed by atoms with Crippen molar-refractivity contribution >= 4 is 11.9 Å². The van der Waals surface area contributed by atoms with E-state index in [2.05, 4.69) is 0 Å². The number of aliphatic carboxylic acids is 1. The van der Waals surface area contributed by atoms with Gasteiger partial charge in [0, 0.05) is 13.0 Å². The number of likely N-dealkylation sites (tertiary alicyclic amines) is 1. The second kappa shape index (κ2) is 4.20. The van der Waals surface area contributed by atoms with Gasteiger partial charge in [-0.3, -0.25) is 9.59 Å². The number of hydrogen-bond acceptors (Lipinski definition) is 4. The third kappa shape index (κ3) is 1.99. The number of hydrogen-bond donors (Lipinski definition) is 1. The van der Waals surface area contributed by atoms with Gasteiger partial charge in [-0.2, -0.15) is 0 Å². The Morgan fingerprint density at radius 3 is 2.56 bits per heavy atom. The summed E-state index contributed by atoms with van der Waals surface area (Å²) in [6.07, 6.45) is 2.12. The first-order valence-corrected chi connectivity index (χ1v) is 6.41. The molecule has 0 aromatic heterocycles. The van der Waals surface area contributed by atoms with Gasteiger partial charge >= 0.3 is 5.97 Å². The molecule has 0 aromatic rings. The Bertz CT molecular complexity index is 377. The Hall–Kier alpha value is -1.14. The molecule has 0 unspecified atom stereocenters. The van der Waals surface area contributed by atoms with Gasteiger partial charge in [0.15, 0.2) is 5.79 Å². The van der Waals surface area contributed by atoms with E-state index in [9.17, 15) is 9.59 Å². The van der Waals surface area contributed by atoms with Crippen LogP contribution in [0.1, 0.15) is 19.3 Å². The van der Waals surface area contributed by atoms with E-state index in [0.717, 1.165) is 12.8 Å². The summed E-state index contributed by atoms with van der Waals surface area (Å²) in [6.45, 7) is 2.26. The van der Waals surface area contributed by atoms with Crippen LogP contribution in [-0.2, 0) is 19.1 Å². The zero-order valence-electron chi connectivity index (χ0n) is 10.1. The van der Waals surface area contributed by atoms with Gasteiger partial charge in [-0.25, -0.2) is 0 Å². The van der Waals surface area contributed by atoms with Gasteiger partial charge in [0.1, 0.15) is 0 Å². The molecule has 1 N–H and O–H groups in total. The van der Waals surface area contributed by atoms with Crippen LogP contribution in [0.25, 0.3) is 0 Å². The second-order valence-corrected chi connectivity index (χ2v) is 5.26. The van der Waals surface area contributed by atoms with Gasteiger partial charge in [-0.05, 0) is 12.8 Å². The predicted molar refractivity (Wildman–Crippen MR) is 59.7 cm³/mol. The van der Waals surface area contributed by atoms with Crippen molar-refractivity contribution in [3.8, 4) is 0 Å². The van der Waals surface area contributed by atoms with Gasteiger partial charge in [-0.1, -0.05) is 0 Å². The predicted octanol–water partition coefficient (Wildman–Crippen LogP) is 0.0726. The van der Waals surface area contributed by atoms with Crippen molar-refractivity contribution in [3.05, 3.63) is 0 Å². The lowest BCUT2D eigenvalue weighted by Crippen LogP contribution is -2.51. The van der Waals surface area contributed by atoms with Crippen LogP contribution in [-0.4, -0.2) is 54.0 Å². The molecule has 3 rings (SSSR count). The molecule has 100 valence electrons. The number of carboxylic acids is 1. The first-order chi connectivity index (χ1) is 8.61. The fraction of sp³-hybridized carbons (Fsp3) is 0.833. The maximum absolute atomic E-state index is 12.2. The van der Waals surface area contributed by atoms with Crippen molar-refractivity contribution < 1.29 is 24.2 Å². The van der Waals surface area contributed by atoms with E-state index in [1.165, 1.54) is 0 Å². The summed E-state index contributed by atoms with van der Waals surface area (Å²) < 4.78 is 11.2.